The van der Waals surface area contributed by atoms with Crippen molar-refractivity contribution in [1.29, 1.82) is 0 Å². The summed E-state index contributed by atoms with van der Waals surface area (Å²) >= 11 is 6.01. The molecule has 11 heteroatoms. The maximum Gasteiger partial charge on any atom is 0.257 e. The number of carbonyl (C=O) groups is 1. The van der Waals surface area contributed by atoms with Gasteiger partial charge >= 0.3 is 0 Å². The van der Waals surface area contributed by atoms with E-state index in [-0.39, 0.29) is 46.7 Å². The second-order valence-electron chi connectivity index (χ2n) is 7.11. The van der Waals surface area contributed by atoms with E-state index in [1.54, 1.807) is 26.2 Å². The standard InChI is InChI=1S/C19H24ClN5O4S/c1-5-13(15-9-11(20)10-29-15)21-17-18(24-30(4,28)23-17)22-14-8-6-7-12(16(14)26)19(27)25(2)3/h6-8,10,13,15,26H,4-5,9H2,1-3H3,(H2,21,22,23,24,28). The Labute approximate surface area is 180 Å². The van der Waals surface area contributed by atoms with Gasteiger partial charge in [-0.05, 0) is 24.4 Å². The first-order valence-corrected chi connectivity index (χ1v) is 11.3. The van der Waals surface area contributed by atoms with E-state index in [4.69, 9.17) is 16.3 Å². The molecule has 1 aromatic carbocycles. The lowest BCUT2D eigenvalue weighted by atomic mass is 10.1. The fourth-order valence-corrected chi connectivity index (χ4v) is 4.18. The number of phenolic OH excluding ortho intramolecular Hbond substituents is 1. The zero-order valence-corrected chi connectivity index (χ0v) is 18.5. The van der Waals surface area contributed by atoms with E-state index in [2.05, 4.69) is 25.3 Å². The minimum Gasteiger partial charge on any atom is -0.505 e. The molecule has 3 N–H and O–H groups in total. The number of carbonyl (C=O) groups excluding carboxylic acids is 1. The maximum absolute atomic E-state index is 12.5. The van der Waals surface area contributed by atoms with Gasteiger partial charge in [-0.3, -0.25) is 14.5 Å². The third kappa shape index (κ3) is 4.71. The molecule has 0 fully saturated rings. The van der Waals surface area contributed by atoms with Crippen LogP contribution in [0, 0.1) is 0 Å². The Morgan fingerprint density at radius 3 is 2.90 bits per heavy atom. The Morgan fingerprint density at radius 1 is 1.57 bits per heavy atom. The van der Waals surface area contributed by atoms with E-state index in [1.807, 2.05) is 6.92 Å². The van der Waals surface area contributed by atoms with Gasteiger partial charge < -0.3 is 20.1 Å². The van der Waals surface area contributed by atoms with Crippen molar-refractivity contribution in [2.75, 3.05) is 19.4 Å². The molecule has 3 unspecified atom stereocenters. The summed E-state index contributed by atoms with van der Waals surface area (Å²) in [5.74, 6) is 3.35. The first kappa shape index (κ1) is 22.0. The predicted molar refractivity (Wildman–Crippen MR) is 121 cm³/mol. The summed E-state index contributed by atoms with van der Waals surface area (Å²) < 4.78 is 24.8. The second kappa shape index (κ2) is 8.57. The molecule has 2 aliphatic heterocycles. The van der Waals surface area contributed by atoms with Crippen molar-refractivity contribution < 1.29 is 18.8 Å². The average Bonchev–Trinajstić information content (AvgIpc) is 3.23. The molecular weight excluding hydrogens is 430 g/mol. The van der Waals surface area contributed by atoms with E-state index in [1.165, 1.54) is 17.2 Å². The molecule has 30 heavy (non-hydrogen) atoms. The minimum absolute atomic E-state index is 0.122. The number of ether oxygens (including phenoxy) is 1. The Bertz CT molecular complexity index is 1050. The molecule has 0 radical (unpaired) electrons. The topological polar surface area (TPSA) is 116 Å². The molecule has 3 atom stereocenters. The van der Waals surface area contributed by atoms with Gasteiger partial charge in [-0.15, -0.1) is 0 Å². The highest BCUT2D eigenvalue weighted by Gasteiger charge is 2.30. The number of phenols is 1. The SMILES string of the molecule is C=S1(=O)N=C(Nc2cccc(C(=O)N(C)C)c2O)C(=NC(CC)C2CC(Cl)=CO2)N1. The number of benzene rings is 1. The highest BCUT2D eigenvalue weighted by atomic mass is 35.5. The Morgan fingerprint density at radius 2 is 2.30 bits per heavy atom. The van der Waals surface area contributed by atoms with Crippen molar-refractivity contribution in [2.45, 2.75) is 31.9 Å². The highest BCUT2D eigenvalue weighted by Crippen LogP contribution is 2.29. The van der Waals surface area contributed by atoms with Crippen LogP contribution < -0.4 is 10.0 Å². The molecule has 3 rings (SSSR count). The van der Waals surface area contributed by atoms with E-state index >= 15 is 0 Å². The van der Waals surface area contributed by atoms with Crippen LogP contribution in [-0.4, -0.2) is 63.9 Å². The van der Waals surface area contributed by atoms with Gasteiger partial charge in [-0.25, -0.2) is 4.21 Å². The summed E-state index contributed by atoms with van der Waals surface area (Å²) in [5.41, 5.74) is 0.347. The number of nitrogens with zero attached hydrogens (tertiary/aromatic N) is 3. The van der Waals surface area contributed by atoms with Crippen molar-refractivity contribution in [3.63, 3.8) is 0 Å². The second-order valence-corrected chi connectivity index (χ2v) is 9.26. The molecule has 0 saturated heterocycles. The van der Waals surface area contributed by atoms with Crippen LogP contribution in [0.2, 0.25) is 0 Å². The molecule has 162 valence electrons. The number of anilines is 1. The molecule has 1 aromatic rings. The molecule has 0 aromatic heterocycles. The van der Waals surface area contributed by atoms with Gasteiger partial charge in [0.15, 0.2) is 27.3 Å². The number of para-hydroxylation sites is 1. The van der Waals surface area contributed by atoms with Crippen LogP contribution in [0.5, 0.6) is 5.75 Å². The van der Waals surface area contributed by atoms with Gasteiger partial charge in [0.2, 0.25) is 0 Å². The van der Waals surface area contributed by atoms with Crippen molar-refractivity contribution in [3.05, 3.63) is 35.1 Å². The van der Waals surface area contributed by atoms with Crippen LogP contribution in [0.25, 0.3) is 0 Å². The predicted octanol–water partition coefficient (Wildman–Crippen LogP) is 2.10. The number of rotatable bonds is 5. The smallest absolute Gasteiger partial charge is 0.257 e. The molecule has 0 aliphatic carbocycles. The number of hydrogen-bond acceptors (Lipinski definition) is 6. The van der Waals surface area contributed by atoms with Crippen LogP contribution in [0.15, 0.2) is 38.9 Å². The molecule has 9 nitrogen and oxygen atoms in total. The summed E-state index contributed by atoms with van der Waals surface area (Å²) in [7, 11) is 0.182. The van der Waals surface area contributed by atoms with Crippen molar-refractivity contribution in [1.82, 2.24) is 9.62 Å². The fraction of sp³-hybridized carbons (Fsp3) is 0.368. The van der Waals surface area contributed by atoms with E-state index in [0.717, 1.165) is 0 Å². The van der Waals surface area contributed by atoms with Crippen molar-refractivity contribution >= 4 is 50.6 Å². The molecule has 1 amide bonds. The maximum atomic E-state index is 12.5. The number of hydrogen-bond donors (Lipinski definition) is 3. The summed E-state index contributed by atoms with van der Waals surface area (Å²) in [6.45, 7) is 1.95. The van der Waals surface area contributed by atoms with Gasteiger partial charge in [0, 0.05) is 20.5 Å². The van der Waals surface area contributed by atoms with Crippen molar-refractivity contribution in [2.24, 2.45) is 9.39 Å². The quantitative estimate of drug-likeness (QED) is 0.466. The summed E-state index contributed by atoms with van der Waals surface area (Å²) in [4.78, 5) is 18.2. The third-order valence-electron chi connectivity index (χ3n) is 4.55. The lowest BCUT2D eigenvalue weighted by molar-refractivity contribution is 0.0824. The average molecular weight is 454 g/mol. The number of aromatic hydroxyl groups is 1. The van der Waals surface area contributed by atoms with Gasteiger partial charge in [0.25, 0.3) is 5.91 Å². The number of amides is 1. The molecule has 0 saturated carbocycles. The lowest BCUT2D eigenvalue weighted by Gasteiger charge is -2.19. The van der Waals surface area contributed by atoms with Crippen molar-refractivity contribution in [3.8, 4) is 5.75 Å². The number of nitrogens with one attached hydrogen (secondary N) is 2. The van der Waals surface area contributed by atoms with Crippen LogP contribution in [-0.2, 0) is 14.6 Å². The van der Waals surface area contributed by atoms with E-state index in [0.29, 0.717) is 17.9 Å². The Kier molecular flexibility index (Phi) is 6.27. The molecule has 0 bridgehead atoms. The molecule has 2 heterocycles. The van der Waals surface area contributed by atoms with Gasteiger partial charge in [0.05, 0.1) is 28.6 Å². The third-order valence-corrected chi connectivity index (χ3v) is 5.79. The summed E-state index contributed by atoms with van der Waals surface area (Å²) in [6.07, 6.45) is 2.44. The van der Waals surface area contributed by atoms with Gasteiger partial charge in [0.1, 0.15) is 6.10 Å². The summed E-state index contributed by atoms with van der Waals surface area (Å²) in [6, 6.07) is 4.44. The molecule has 0 spiro atoms. The minimum atomic E-state index is -3.00. The monoisotopic (exact) mass is 453 g/mol. The Balaban J connectivity index is 1.90. The molecule has 2 aliphatic rings. The number of aliphatic imine (C=N–C) groups is 1. The zero-order valence-electron chi connectivity index (χ0n) is 16.9. The molecular formula is C19H24ClN5O4S. The lowest BCUT2D eigenvalue weighted by Crippen LogP contribution is -2.34. The van der Waals surface area contributed by atoms with Crippen LogP contribution in [0.3, 0.4) is 0 Å². The van der Waals surface area contributed by atoms with Crippen LogP contribution >= 0.6 is 11.6 Å². The normalized spacial score (nSPS) is 25.2. The Hall–Kier alpha value is -2.72. The van der Waals surface area contributed by atoms with Gasteiger partial charge in [-0.2, -0.15) is 4.40 Å². The number of halogens is 1. The number of amidine groups is 2. The van der Waals surface area contributed by atoms with E-state index in [9.17, 15) is 14.1 Å². The van der Waals surface area contributed by atoms with Crippen LogP contribution in [0.1, 0.15) is 30.1 Å². The largest absolute Gasteiger partial charge is 0.505 e. The van der Waals surface area contributed by atoms with E-state index < -0.39 is 9.89 Å². The fourth-order valence-electron chi connectivity index (χ4n) is 3.05. The highest BCUT2D eigenvalue weighted by molar-refractivity contribution is 7.98. The first-order valence-electron chi connectivity index (χ1n) is 9.25. The van der Waals surface area contributed by atoms with Crippen LogP contribution in [0.4, 0.5) is 5.69 Å². The van der Waals surface area contributed by atoms with Gasteiger partial charge in [-0.1, -0.05) is 24.6 Å². The zero-order chi connectivity index (χ0) is 22.1. The summed E-state index contributed by atoms with van der Waals surface area (Å²) in [5, 5.41) is 14.1. The first-order chi connectivity index (χ1) is 14.1.